The van der Waals surface area contributed by atoms with Gasteiger partial charge in [0.2, 0.25) is 5.91 Å². The van der Waals surface area contributed by atoms with Gasteiger partial charge in [0.05, 0.1) is 12.2 Å². The molecule has 0 aliphatic heterocycles. The molecule has 0 bridgehead atoms. The predicted molar refractivity (Wildman–Crippen MR) is 133 cm³/mol. The van der Waals surface area contributed by atoms with Crippen molar-refractivity contribution in [1.82, 2.24) is 5.32 Å². The molecule has 2 rings (SSSR count). The maximum absolute atomic E-state index is 12.8. The molecule has 3 N–H and O–H groups in total. The van der Waals surface area contributed by atoms with Crippen LogP contribution in [0.25, 0.3) is 0 Å². The minimum atomic E-state index is -0.506. The zero-order valence-corrected chi connectivity index (χ0v) is 20.6. The fraction of sp³-hybridized carbons (Fsp3) is 0.348. The van der Waals surface area contributed by atoms with Gasteiger partial charge in [0.15, 0.2) is 5.11 Å². The van der Waals surface area contributed by atoms with Gasteiger partial charge in [0, 0.05) is 21.3 Å². The van der Waals surface area contributed by atoms with Crippen LogP contribution in [0.3, 0.4) is 0 Å². The molecule has 0 aromatic heterocycles. The van der Waals surface area contributed by atoms with Crippen LogP contribution in [0.4, 0.5) is 11.4 Å². The Morgan fingerprint density at radius 2 is 1.74 bits per heavy atom. The van der Waals surface area contributed by atoms with Crippen molar-refractivity contribution < 1.29 is 14.3 Å². The summed E-state index contributed by atoms with van der Waals surface area (Å²) in [7, 11) is 0. The molecule has 0 heterocycles. The van der Waals surface area contributed by atoms with E-state index in [1.54, 1.807) is 36.4 Å². The Kier molecular flexibility index (Phi) is 9.00. The predicted octanol–water partition coefficient (Wildman–Crippen LogP) is 5.74. The van der Waals surface area contributed by atoms with Crippen LogP contribution in [0.1, 0.15) is 50.9 Å². The number of carbonyl (C=O) groups is 2. The summed E-state index contributed by atoms with van der Waals surface area (Å²) in [4.78, 5) is 25.0. The van der Waals surface area contributed by atoms with Crippen LogP contribution in [0, 0.1) is 5.41 Å². The van der Waals surface area contributed by atoms with Gasteiger partial charge in [-0.05, 0) is 55.0 Å². The van der Waals surface area contributed by atoms with Crippen LogP contribution >= 0.6 is 28.1 Å². The molecule has 2 aromatic rings. The van der Waals surface area contributed by atoms with Crippen LogP contribution in [0.2, 0.25) is 0 Å². The van der Waals surface area contributed by atoms with E-state index < -0.39 is 5.41 Å². The molecular weight excluding hydrogens is 478 g/mol. The Morgan fingerprint density at radius 1 is 1.06 bits per heavy atom. The average Bonchev–Trinajstić information content (AvgIpc) is 2.68. The number of benzene rings is 2. The highest BCUT2D eigenvalue weighted by Gasteiger charge is 2.21. The first-order chi connectivity index (χ1) is 14.6. The topological polar surface area (TPSA) is 79.5 Å². The zero-order chi connectivity index (χ0) is 23.0. The number of carbonyl (C=O) groups excluding carboxylic acids is 2. The van der Waals surface area contributed by atoms with E-state index in [0.29, 0.717) is 29.3 Å². The number of ether oxygens (including phenoxy) is 1. The second kappa shape index (κ2) is 11.2. The lowest BCUT2D eigenvalue weighted by Gasteiger charge is -2.18. The number of hydrogen-bond donors (Lipinski definition) is 3. The molecule has 0 atom stereocenters. The SMILES string of the molecule is CCCCOc1ccc(Br)cc1C(=O)NC(=S)Nc1cccc(NC(=O)C(C)(C)C)c1. The molecular formula is C23H28BrN3O3S. The maximum Gasteiger partial charge on any atom is 0.261 e. The van der Waals surface area contributed by atoms with Gasteiger partial charge < -0.3 is 15.4 Å². The summed E-state index contributed by atoms with van der Waals surface area (Å²) in [5.74, 6) is 0.0390. The molecule has 0 spiro atoms. The first-order valence-corrected chi connectivity index (χ1v) is 11.3. The molecule has 0 radical (unpaired) electrons. The molecule has 0 saturated heterocycles. The normalized spacial score (nSPS) is 10.9. The third kappa shape index (κ3) is 7.95. The minimum absolute atomic E-state index is 0.0919. The monoisotopic (exact) mass is 505 g/mol. The Bertz CT molecular complexity index is 957. The van der Waals surface area contributed by atoms with Crippen LogP contribution in [-0.4, -0.2) is 23.5 Å². The molecule has 0 saturated carbocycles. The Morgan fingerprint density at radius 3 is 2.39 bits per heavy atom. The van der Waals surface area contributed by atoms with Crippen LogP contribution in [0.15, 0.2) is 46.9 Å². The highest BCUT2D eigenvalue weighted by atomic mass is 79.9. The highest BCUT2D eigenvalue weighted by Crippen LogP contribution is 2.24. The number of hydrogen-bond acceptors (Lipinski definition) is 4. The van der Waals surface area contributed by atoms with E-state index in [4.69, 9.17) is 17.0 Å². The van der Waals surface area contributed by atoms with Gasteiger partial charge >= 0.3 is 0 Å². The van der Waals surface area contributed by atoms with Crippen molar-refractivity contribution in [3.05, 3.63) is 52.5 Å². The van der Waals surface area contributed by atoms with Gasteiger partial charge in [-0.3, -0.25) is 14.9 Å². The van der Waals surface area contributed by atoms with Crippen molar-refractivity contribution in [2.24, 2.45) is 5.41 Å². The second-order valence-corrected chi connectivity index (χ2v) is 9.36. The lowest BCUT2D eigenvalue weighted by atomic mass is 9.95. The number of halogens is 1. The van der Waals surface area contributed by atoms with E-state index in [0.717, 1.165) is 17.3 Å². The highest BCUT2D eigenvalue weighted by molar-refractivity contribution is 9.10. The minimum Gasteiger partial charge on any atom is -0.493 e. The number of nitrogens with one attached hydrogen (secondary N) is 3. The van der Waals surface area contributed by atoms with Crippen LogP contribution in [0.5, 0.6) is 5.75 Å². The molecule has 6 nitrogen and oxygen atoms in total. The maximum atomic E-state index is 12.8. The van der Waals surface area contributed by atoms with Gasteiger partial charge in [-0.2, -0.15) is 0 Å². The fourth-order valence-corrected chi connectivity index (χ4v) is 3.03. The summed E-state index contributed by atoms with van der Waals surface area (Å²) in [6.45, 7) is 8.15. The Hall–Kier alpha value is -2.45. The van der Waals surface area contributed by atoms with E-state index in [1.165, 1.54) is 0 Å². The van der Waals surface area contributed by atoms with Crippen molar-refractivity contribution in [3.63, 3.8) is 0 Å². The van der Waals surface area contributed by atoms with E-state index >= 15 is 0 Å². The number of unbranched alkanes of at least 4 members (excludes halogenated alkanes) is 1. The molecule has 2 aromatic carbocycles. The van der Waals surface area contributed by atoms with Crippen molar-refractivity contribution in [3.8, 4) is 5.75 Å². The fourth-order valence-electron chi connectivity index (χ4n) is 2.46. The molecule has 0 aliphatic rings. The lowest BCUT2D eigenvalue weighted by molar-refractivity contribution is -0.123. The van der Waals surface area contributed by atoms with Crippen molar-refractivity contribution >= 4 is 56.4 Å². The summed E-state index contributed by atoms with van der Waals surface area (Å²) in [5, 5.41) is 8.67. The van der Waals surface area contributed by atoms with Gasteiger partial charge in [-0.1, -0.05) is 56.1 Å². The molecule has 166 valence electrons. The quantitative estimate of drug-likeness (QED) is 0.330. The third-order valence-corrected chi connectivity index (χ3v) is 4.93. The zero-order valence-electron chi connectivity index (χ0n) is 18.2. The summed E-state index contributed by atoms with van der Waals surface area (Å²) >= 11 is 8.69. The summed E-state index contributed by atoms with van der Waals surface area (Å²) in [6, 6.07) is 12.4. The number of rotatable bonds is 7. The van der Waals surface area contributed by atoms with E-state index in [1.807, 2.05) is 26.8 Å². The largest absolute Gasteiger partial charge is 0.493 e. The van der Waals surface area contributed by atoms with Gasteiger partial charge in [0.1, 0.15) is 5.75 Å². The molecule has 8 heteroatoms. The standard InChI is InChI=1S/C23H28BrN3O3S/c1-5-6-12-30-19-11-10-15(24)13-18(19)20(28)27-22(31)26-17-9-7-8-16(14-17)25-21(29)23(2,3)4/h7-11,13-14H,5-6,12H2,1-4H3,(H,25,29)(H2,26,27,28,31). The summed E-state index contributed by atoms with van der Waals surface area (Å²) in [6.07, 6.45) is 1.90. The first-order valence-electron chi connectivity index (χ1n) is 10.1. The van der Waals surface area contributed by atoms with Crippen molar-refractivity contribution in [2.75, 3.05) is 17.2 Å². The smallest absolute Gasteiger partial charge is 0.261 e. The number of thiocarbonyl (C=S) groups is 1. The van der Waals surface area contributed by atoms with E-state index in [2.05, 4.69) is 38.8 Å². The molecule has 0 fully saturated rings. The second-order valence-electron chi connectivity index (χ2n) is 8.04. The van der Waals surface area contributed by atoms with E-state index in [-0.39, 0.29) is 16.9 Å². The molecule has 0 aliphatic carbocycles. The summed E-state index contributed by atoms with van der Waals surface area (Å²) in [5.41, 5.74) is 1.16. The van der Waals surface area contributed by atoms with Gasteiger partial charge in [-0.15, -0.1) is 0 Å². The third-order valence-electron chi connectivity index (χ3n) is 4.23. The Balaban J connectivity index is 2.05. The van der Waals surface area contributed by atoms with Crippen molar-refractivity contribution in [1.29, 1.82) is 0 Å². The van der Waals surface area contributed by atoms with Crippen molar-refractivity contribution in [2.45, 2.75) is 40.5 Å². The number of anilines is 2. The molecule has 0 unspecified atom stereocenters. The van der Waals surface area contributed by atoms with Crippen LogP contribution in [-0.2, 0) is 4.79 Å². The van der Waals surface area contributed by atoms with Gasteiger partial charge in [-0.25, -0.2) is 0 Å². The first kappa shape index (κ1) is 24.8. The molecule has 31 heavy (non-hydrogen) atoms. The Labute approximate surface area is 197 Å². The average molecular weight is 506 g/mol. The van der Waals surface area contributed by atoms with Crippen LogP contribution < -0.4 is 20.7 Å². The van der Waals surface area contributed by atoms with Gasteiger partial charge in [0.25, 0.3) is 5.91 Å². The number of amides is 2. The lowest BCUT2D eigenvalue weighted by Crippen LogP contribution is -2.34. The van der Waals surface area contributed by atoms with E-state index in [9.17, 15) is 9.59 Å². The molecule has 2 amide bonds. The summed E-state index contributed by atoms with van der Waals surface area (Å²) < 4.78 is 6.51.